The predicted molar refractivity (Wildman–Crippen MR) is 63.4 cm³/mol. The fourth-order valence-corrected chi connectivity index (χ4v) is 1.61. The van der Waals surface area contributed by atoms with Gasteiger partial charge in [0.25, 0.3) is 5.91 Å². The monoisotopic (exact) mass is 224 g/mol. The summed E-state index contributed by atoms with van der Waals surface area (Å²) in [5, 5.41) is 7.23. The van der Waals surface area contributed by atoms with Crippen LogP contribution in [0.4, 0.5) is 0 Å². The van der Waals surface area contributed by atoms with Gasteiger partial charge in [0.15, 0.2) is 0 Å². The molecule has 1 rings (SSSR count). The molecular weight excluding hydrogens is 204 g/mol. The van der Waals surface area contributed by atoms with Crippen molar-refractivity contribution in [2.45, 2.75) is 13.3 Å². The molecule has 0 spiro atoms. The Morgan fingerprint density at radius 3 is 2.81 bits per heavy atom. The smallest absolute Gasteiger partial charge is 0.257 e. The van der Waals surface area contributed by atoms with Crippen molar-refractivity contribution in [3.05, 3.63) is 17.5 Å². The summed E-state index contributed by atoms with van der Waals surface area (Å²) in [6.07, 6.45) is 2.73. The van der Waals surface area contributed by atoms with Crippen molar-refractivity contribution in [1.82, 2.24) is 20.0 Å². The van der Waals surface area contributed by atoms with E-state index in [1.807, 2.05) is 28.1 Å². The summed E-state index contributed by atoms with van der Waals surface area (Å²) in [7, 11) is 5.56. The molecule has 0 aliphatic carbocycles. The third-order valence-electron chi connectivity index (χ3n) is 2.51. The number of hydrogen-bond donors (Lipinski definition) is 1. The van der Waals surface area contributed by atoms with Crippen molar-refractivity contribution in [2.24, 2.45) is 7.05 Å². The minimum Gasteiger partial charge on any atom is -0.342 e. The average molecular weight is 224 g/mol. The van der Waals surface area contributed by atoms with Crippen LogP contribution < -0.4 is 5.32 Å². The largest absolute Gasteiger partial charge is 0.342 e. The normalized spacial score (nSPS) is 10.5. The average Bonchev–Trinajstić information content (AvgIpc) is 2.57. The minimum atomic E-state index is 0.0432. The molecule has 1 amide bonds. The van der Waals surface area contributed by atoms with E-state index in [0.29, 0.717) is 5.56 Å². The van der Waals surface area contributed by atoms with Gasteiger partial charge in [-0.3, -0.25) is 9.48 Å². The first kappa shape index (κ1) is 12.7. The highest BCUT2D eigenvalue weighted by atomic mass is 16.2. The topological polar surface area (TPSA) is 50.2 Å². The van der Waals surface area contributed by atoms with E-state index in [1.165, 1.54) is 0 Å². The SMILES string of the molecule is CNCCCN(C)C(=O)c1cn(C)nc1C. The lowest BCUT2D eigenvalue weighted by Crippen LogP contribution is -2.29. The Labute approximate surface area is 96.4 Å². The molecule has 1 N–H and O–H groups in total. The van der Waals surface area contributed by atoms with E-state index in [-0.39, 0.29) is 5.91 Å². The van der Waals surface area contributed by atoms with Crippen molar-refractivity contribution in [2.75, 3.05) is 27.2 Å². The highest BCUT2D eigenvalue weighted by Gasteiger charge is 2.16. The Hall–Kier alpha value is -1.36. The number of carbonyl (C=O) groups excluding carboxylic acids is 1. The molecule has 0 aliphatic heterocycles. The van der Waals surface area contributed by atoms with Crippen LogP contribution in [-0.2, 0) is 7.05 Å². The lowest BCUT2D eigenvalue weighted by molar-refractivity contribution is 0.0793. The molecular formula is C11H20N4O. The molecule has 0 saturated carbocycles. The van der Waals surface area contributed by atoms with Crippen molar-refractivity contribution in [3.8, 4) is 0 Å². The Balaban J connectivity index is 2.60. The van der Waals surface area contributed by atoms with E-state index >= 15 is 0 Å². The van der Waals surface area contributed by atoms with E-state index < -0.39 is 0 Å². The zero-order valence-corrected chi connectivity index (χ0v) is 10.4. The fraction of sp³-hybridized carbons (Fsp3) is 0.636. The minimum absolute atomic E-state index is 0.0432. The maximum Gasteiger partial charge on any atom is 0.257 e. The molecule has 0 aliphatic rings. The number of nitrogens with one attached hydrogen (secondary N) is 1. The molecule has 1 aromatic rings. The Morgan fingerprint density at radius 1 is 1.62 bits per heavy atom. The lowest BCUT2D eigenvalue weighted by atomic mass is 10.2. The highest BCUT2D eigenvalue weighted by molar-refractivity contribution is 5.94. The van der Waals surface area contributed by atoms with Crippen LogP contribution in [0, 0.1) is 6.92 Å². The summed E-state index contributed by atoms with van der Waals surface area (Å²) < 4.78 is 1.67. The van der Waals surface area contributed by atoms with E-state index in [2.05, 4.69) is 10.4 Å². The third-order valence-corrected chi connectivity index (χ3v) is 2.51. The lowest BCUT2D eigenvalue weighted by Gasteiger charge is -2.16. The molecule has 0 fully saturated rings. The summed E-state index contributed by atoms with van der Waals surface area (Å²) >= 11 is 0. The van der Waals surface area contributed by atoms with Crippen LogP contribution in [0.5, 0.6) is 0 Å². The van der Waals surface area contributed by atoms with Crippen molar-refractivity contribution in [3.63, 3.8) is 0 Å². The summed E-state index contributed by atoms with van der Waals surface area (Å²) in [6, 6.07) is 0. The number of aromatic nitrogens is 2. The maximum absolute atomic E-state index is 12.0. The van der Waals surface area contributed by atoms with Crippen molar-refractivity contribution >= 4 is 5.91 Å². The molecule has 1 heterocycles. The third kappa shape index (κ3) is 3.06. The molecule has 16 heavy (non-hydrogen) atoms. The van der Waals surface area contributed by atoms with Gasteiger partial charge in [-0.2, -0.15) is 5.10 Å². The Kier molecular flexibility index (Phi) is 4.49. The van der Waals surface area contributed by atoms with Crippen molar-refractivity contribution in [1.29, 1.82) is 0 Å². The van der Waals surface area contributed by atoms with Gasteiger partial charge in [-0.25, -0.2) is 0 Å². The first-order valence-electron chi connectivity index (χ1n) is 5.46. The summed E-state index contributed by atoms with van der Waals surface area (Å²) in [5.41, 5.74) is 1.47. The second-order valence-electron chi connectivity index (χ2n) is 3.99. The number of rotatable bonds is 5. The second-order valence-corrected chi connectivity index (χ2v) is 3.99. The molecule has 5 nitrogen and oxygen atoms in total. The fourth-order valence-electron chi connectivity index (χ4n) is 1.61. The van der Waals surface area contributed by atoms with Crippen LogP contribution >= 0.6 is 0 Å². The number of carbonyl (C=O) groups is 1. The van der Waals surface area contributed by atoms with Gasteiger partial charge in [-0.1, -0.05) is 0 Å². The van der Waals surface area contributed by atoms with Crippen LogP contribution in [0.15, 0.2) is 6.20 Å². The molecule has 0 radical (unpaired) electrons. The van der Waals surface area contributed by atoms with Crippen LogP contribution in [0.2, 0.25) is 0 Å². The molecule has 90 valence electrons. The number of amides is 1. The molecule has 0 atom stereocenters. The van der Waals surface area contributed by atoms with Gasteiger partial charge in [-0.05, 0) is 26.9 Å². The molecule has 1 aromatic heterocycles. The van der Waals surface area contributed by atoms with Crippen LogP contribution in [-0.4, -0.2) is 47.8 Å². The molecule has 0 bridgehead atoms. The zero-order valence-electron chi connectivity index (χ0n) is 10.4. The van der Waals surface area contributed by atoms with Gasteiger partial charge < -0.3 is 10.2 Å². The quantitative estimate of drug-likeness (QED) is 0.737. The number of aryl methyl sites for hydroxylation is 2. The van der Waals surface area contributed by atoms with Gasteiger partial charge in [-0.15, -0.1) is 0 Å². The first-order chi connectivity index (χ1) is 7.56. The number of nitrogens with zero attached hydrogens (tertiary/aromatic N) is 3. The van der Waals surface area contributed by atoms with E-state index in [9.17, 15) is 4.79 Å². The summed E-state index contributed by atoms with van der Waals surface area (Å²) in [6.45, 7) is 3.53. The van der Waals surface area contributed by atoms with E-state index in [4.69, 9.17) is 0 Å². The molecule has 0 saturated heterocycles. The maximum atomic E-state index is 12.0. The van der Waals surface area contributed by atoms with Gasteiger partial charge in [0.1, 0.15) is 0 Å². The second kappa shape index (κ2) is 5.65. The van der Waals surface area contributed by atoms with E-state index in [0.717, 1.165) is 25.2 Å². The Bertz CT molecular complexity index is 359. The first-order valence-corrected chi connectivity index (χ1v) is 5.46. The predicted octanol–water partition coefficient (Wildman–Crippen LogP) is 0.410. The van der Waals surface area contributed by atoms with Gasteiger partial charge in [0.2, 0.25) is 0 Å². The van der Waals surface area contributed by atoms with E-state index in [1.54, 1.807) is 15.8 Å². The van der Waals surface area contributed by atoms with Gasteiger partial charge in [0, 0.05) is 26.8 Å². The summed E-state index contributed by atoms with van der Waals surface area (Å²) in [4.78, 5) is 13.8. The zero-order chi connectivity index (χ0) is 12.1. The summed E-state index contributed by atoms with van der Waals surface area (Å²) in [5.74, 6) is 0.0432. The van der Waals surface area contributed by atoms with Crippen LogP contribution in [0.25, 0.3) is 0 Å². The standard InChI is InChI=1S/C11H20N4O/c1-9-10(8-15(4)13-9)11(16)14(3)7-5-6-12-2/h8,12H,5-7H2,1-4H3. The Morgan fingerprint density at radius 2 is 2.31 bits per heavy atom. The molecule has 0 unspecified atom stereocenters. The van der Waals surface area contributed by atoms with Crippen LogP contribution in [0.3, 0.4) is 0 Å². The van der Waals surface area contributed by atoms with Gasteiger partial charge >= 0.3 is 0 Å². The van der Waals surface area contributed by atoms with Gasteiger partial charge in [0.05, 0.1) is 11.3 Å². The van der Waals surface area contributed by atoms with Crippen LogP contribution in [0.1, 0.15) is 22.5 Å². The molecule has 0 aromatic carbocycles. The van der Waals surface area contributed by atoms with Crippen molar-refractivity contribution < 1.29 is 4.79 Å². The number of hydrogen-bond acceptors (Lipinski definition) is 3. The highest BCUT2D eigenvalue weighted by Crippen LogP contribution is 2.07. The molecule has 5 heteroatoms.